The van der Waals surface area contributed by atoms with Gasteiger partial charge in [-0.1, -0.05) is 6.07 Å². The number of aliphatic carboxylic acids is 1. The van der Waals surface area contributed by atoms with Gasteiger partial charge in [-0.05, 0) is 31.9 Å². The number of piperidine rings is 1. The van der Waals surface area contributed by atoms with Gasteiger partial charge in [0, 0.05) is 25.9 Å². The molecule has 0 aliphatic carbocycles. The molecule has 1 atom stereocenters. The van der Waals surface area contributed by atoms with Gasteiger partial charge >= 0.3 is 5.97 Å². The van der Waals surface area contributed by atoms with Gasteiger partial charge in [0.05, 0.1) is 25.3 Å². The number of carbonyl (C=O) groups is 1. The van der Waals surface area contributed by atoms with Crippen LogP contribution in [0.1, 0.15) is 19.8 Å². The molecule has 4 rings (SSSR count). The summed E-state index contributed by atoms with van der Waals surface area (Å²) in [6, 6.07) is 5.59. The van der Waals surface area contributed by atoms with Gasteiger partial charge in [-0.25, -0.2) is 9.97 Å². The number of rotatable bonds is 8. The van der Waals surface area contributed by atoms with E-state index in [4.69, 9.17) is 9.72 Å². The molecule has 158 valence electrons. The first-order chi connectivity index (χ1) is 14.7. The lowest BCUT2D eigenvalue weighted by atomic mass is 9.99. The highest BCUT2D eigenvalue weighted by Crippen LogP contribution is 2.28. The number of anilines is 3. The standard InChI is InChI=1S/C20H25N7O3/c1-2-30-11-10-27-17-15(12-22-27)23-20(26-9-5-6-14(13-26)19(28)29)25-18(17)24-16-7-3-4-8-21-16/h3-4,7-8,12,14H,2,5-6,9-11,13H2,1H3,(H,28,29)(H,21,23,24,25)/t14-/m1/s1. The van der Waals surface area contributed by atoms with Crippen LogP contribution in [0.3, 0.4) is 0 Å². The molecule has 1 aliphatic heterocycles. The predicted octanol–water partition coefficient (Wildman–Crippen LogP) is 2.30. The number of nitrogens with one attached hydrogen (secondary N) is 1. The molecule has 1 saturated heterocycles. The van der Waals surface area contributed by atoms with Gasteiger partial charge in [0.2, 0.25) is 5.95 Å². The van der Waals surface area contributed by atoms with Crippen LogP contribution in [0.4, 0.5) is 17.6 Å². The van der Waals surface area contributed by atoms with Crippen LogP contribution in [0.25, 0.3) is 11.0 Å². The van der Waals surface area contributed by atoms with E-state index >= 15 is 0 Å². The van der Waals surface area contributed by atoms with Crippen LogP contribution in [-0.2, 0) is 16.1 Å². The third-order valence-electron chi connectivity index (χ3n) is 5.09. The maximum Gasteiger partial charge on any atom is 0.308 e. The highest BCUT2D eigenvalue weighted by Gasteiger charge is 2.28. The Morgan fingerprint density at radius 2 is 2.27 bits per heavy atom. The van der Waals surface area contributed by atoms with E-state index in [1.165, 1.54) is 0 Å². The van der Waals surface area contributed by atoms with E-state index in [0.29, 0.717) is 55.8 Å². The van der Waals surface area contributed by atoms with E-state index < -0.39 is 11.9 Å². The molecule has 1 aliphatic rings. The van der Waals surface area contributed by atoms with E-state index in [0.717, 1.165) is 18.5 Å². The fourth-order valence-electron chi connectivity index (χ4n) is 3.60. The number of fused-ring (bicyclic) bond motifs is 1. The lowest BCUT2D eigenvalue weighted by molar-refractivity contribution is -0.141. The van der Waals surface area contributed by atoms with Crippen molar-refractivity contribution < 1.29 is 14.6 Å². The van der Waals surface area contributed by atoms with Crippen LogP contribution < -0.4 is 10.2 Å². The van der Waals surface area contributed by atoms with Crippen molar-refractivity contribution in [1.29, 1.82) is 0 Å². The second-order valence-corrected chi connectivity index (χ2v) is 7.13. The second kappa shape index (κ2) is 9.04. The summed E-state index contributed by atoms with van der Waals surface area (Å²) in [6.07, 6.45) is 4.86. The van der Waals surface area contributed by atoms with E-state index in [2.05, 4.69) is 20.4 Å². The molecule has 10 heteroatoms. The van der Waals surface area contributed by atoms with Crippen LogP contribution in [0.15, 0.2) is 30.6 Å². The number of hydrogen-bond acceptors (Lipinski definition) is 8. The lowest BCUT2D eigenvalue weighted by Gasteiger charge is -2.30. The normalized spacial score (nSPS) is 16.7. The molecule has 0 unspecified atom stereocenters. The monoisotopic (exact) mass is 411 g/mol. The van der Waals surface area contributed by atoms with Gasteiger partial charge < -0.3 is 20.1 Å². The minimum atomic E-state index is -0.781. The Bertz CT molecular complexity index is 1010. The molecule has 0 aromatic carbocycles. The fourth-order valence-corrected chi connectivity index (χ4v) is 3.60. The number of carboxylic acid groups (broad SMARTS) is 1. The first-order valence-corrected chi connectivity index (χ1v) is 10.1. The summed E-state index contributed by atoms with van der Waals surface area (Å²) >= 11 is 0. The SMILES string of the molecule is CCOCCn1ncc2nc(N3CCC[C@@H](C(=O)O)C3)nc(Nc3ccccn3)c21. The number of pyridine rings is 1. The fraction of sp³-hybridized carbons (Fsp3) is 0.450. The zero-order valence-corrected chi connectivity index (χ0v) is 16.9. The first kappa shape index (κ1) is 20.0. The molecule has 0 saturated carbocycles. The van der Waals surface area contributed by atoms with E-state index in [1.54, 1.807) is 12.4 Å². The Morgan fingerprint density at radius 3 is 3.03 bits per heavy atom. The smallest absolute Gasteiger partial charge is 0.308 e. The van der Waals surface area contributed by atoms with Gasteiger partial charge in [-0.2, -0.15) is 10.1 Å². The Morgan fingerprint density at radius 1 is 1.37 bits per heavy atom. The number of nitrogens with zero attached hydrogens (tertiary/aromatic N) is 6. The summed E-state index contributed by atoms with van der Waals surface area (Å²) < 4.78 is 7.28. The minimum absolute atomic E-state index is 0.391. The van der Waals surface area contributed by atoms with Crippen molar-refractivity contribution in [3.05, 3.63) is 30.6 Å². The minimum Gasteiger partial charge on any atom is -0.481 e. The highest BCUT2D eigenvalue weighted by molar-refractivity contribution is 5.88. The Labute approximate surface area is 173 Å². The van der Waals surface area contributed by atoms with Crippen molar-refractivity contribution in [3.63, 3.8) is 0 Å². The van der Waals surface area contributed by atoms with Crippen LogP contribution in [0, 0.1) is 5.92 Å². The molecule has 10 nitrogen and oxygen atoms in total. The molecular formula is C20H25N7O3. The van der Waals surface area contributed by atoms with Crippen molar-refractivity contribution in [2.75, 3.05) is 36.5 Å². The van der Waals surface area contributed by atoms with Crippen molar-refractivity contribution >= 4 is 34.6 Å². The number of ether oxygens (including phenoxy) is 1. The summed E-state index contributed by atoms with van der Waals surface area (Å²) in [5.74, 6) is 0.537. The lowest BCUT2D eigenvalue weighted by Crippen LogP contribution is -2.39. The summed E-state index contributed by atoms with van der Waals surface area (Å²) in [7, 11) is 0. The first-order valence-electron chi connectivity index (χ1n) is 10.1. The van der Waals surface area contributed by atoms with Crippen LogP contribution in [0.2, 0.25) is 0 Å². The van der Waals surface area contributed by atoms with Gasteiger partial charge in [-0.15, -0.1) is 0 Å². The van der Waals surface area contributed by atoms with Gasteiger partial charge in [0.15, 0.2) is 5.82 Å². The molecule has 0 spiro atoms. The van der Waals surface area contributed by atoms with Crippen molar-refractivity contribution in [3.8, 4) is 0 Å². The molecule has 0 amide bonds. The van der Waals surface area contributed by atoms with E-state index in [-0.39, 0.29) is 0 Å². The summed E-state index contributed by atoms with van der Waals surface area (Å²) in [6.45, 7) is 4.80. The average Bonchev–Trinajstić information content (AvgIpc) is 3.18. The van der Waals surface area contributed by atoms with Gasteiger partial charge in [-0.3, -0.25) is 9.48 Å². The number of carboxylic acids is 1. The van der Waals surface area contributed by atoms with Crippen LogP contribution in [0.5, 0.6) is 0 Å². The largest absolute Gasteiger partial charge is 0.481 e. The average molecular weight is 411 g/mol. The van der Waals surface area contributed by atoms with E-state index in [9.17, 15) is 9.90 Å². The zero-order valence-electron chi connectivity index (χ0n) is 16.9. The number of hydrogen-bond donors (Lipinski definition) is 2. The van der Waals surface area contributed by atoms with Crippen molar-refractivity contribution in [2.24, 2.45) is 5.92 Å². The topological polar surface area (TPSA) is 118 Å². The molecule has 0 radical (unpaired) electrons. The second-order valence-electron chi connectivity index (χ2n) is 7.13. The zero-order chi connectivity index (χ0) is 20.9. The molecule has 0 bridgehead atoms. The van der Waals surface area contributed by atoms with Gasteiger partial charge in [0.1, 0.15) is 16.9 Å². The van der Waals surface area contributed by atoms with Gasteiger partial charge in [0.25, 0.3) is 0 Å². The summed E-state index contributed by atoms with van der Waals surface area (Å²) in [4.78, 5) is 27.2. The maximum atomic E-state index is 11.5. The van der Waals surface area contributed by atoms with Crippen molar-refractivity contribution in [1.82, 2.24) is 24.7 Å². The van der Waals surface area contributed by atoms with Crippen LogP contribution >= 0.6 is 0 Å². The Kier molecular flexibility index (Phi) is 6.03. The molecule has 30 heavy (non-hydrogen) atoms. The molecule has 3 aromatic heterocycles. The third-order valence-corrected chi connectivity index (χ3v) is 5.09. The number of aromatic nitrogens is 5. The molecule has 1 fully saturated rings. The maximum absolute atomic E-state index is 11.5. The van der Waals surface area contributed by atoms with Crippen molar-refractivity contribution in [2.45, 2.75) is 26.3 Å². The Hall–Kier alpha value is -3.27. The molecule has 2 N–H and O–H groups in total. The predicted molar refractivity (Wildman–Crippen MR) is 112 cm³/mol. The Balaban J connectivity index is 1.71. The molecular weight excluding hydrogens is 386 g/mol. The highest BCUT2D eigenvalue weighted by atomic mass is 16.5. The molecule has 4 heterocycles. The van der Waals surface area contributed by atoms with E-state index in [1.807, 2.05) is 34.7 Å². The van der Waals surface area contributed by atoms with Crippen LogP contribution in [-0.4, -0.2) is 62.1 Å². The molecule has 3 aromatic rings. The quantitative estimate of drug-likeness (QED) is 0.538. The summed E-state index contributed by atoms with van der Waals surface area (Å²) in [5, 5.41) is 17.1. The summed E-state index contributed by atoms with van der Waals surface area (Å²) in [5.41, 5.74) is 1.45. The third kappa shape index (κ3) is 4.33.